The van der Waals surface area contributed by atoms with Gasteiger partial charge in [0.25, 0.3) is 5.91 Å². The summed E-state index contributed by atoms with van der Waals surface area (Å²) in [7, 11) is 1.08. The number of carbonyl (C=O) groups is 5. The van der Waals surface area contributed by atoms with Crippen LogP contribution in [0.15, 0.2) is 12.2 Å². The van der Waals surface area contributed by atoms with Crippen LogP contribution in [0.3, 0.4) is 0 Å². The Balaban J connectivity index is 1.90. The molecule has 2 aliphatic rings. The third-order valence-electron chi connectivity index (χ3n) is 3.97. The molecule has 0 aromatic rings. The first-order chi connectivity index (χ1) is 11.3. The highest BCUT2D eigenvalue weighted by Crippen LogP contribution is 2.34. The van der Waals surface area contributed by atoms with Crippen LogP contribution in [0.1, 0.15) is 19.8 Å². The Morgan fingerprint density at radius 2 is 1.75 bits per heavy atom. The smallest absolute Gasteiger partial charge is 0.413 e. The van der Waals surface area contributed by atoms with Gasteiger partial charge < -0.3 is 9.47 Å². The predicted octanol–water partition coefficient (Wildman–Crippen LogP) is -0.248. The molecular formula is C15H18N2O7. The summed E-state index contributed by atoms with van der Waals surface area (Å²) in [4.78, 5) is 59.7. The number of carbonyl (C=O) groups excluding carboxylic acids is 5. The summed E-state index contributed by atoms with van der Waals surface area (Å²) < 4.78 is 9.10. The van der Waals surface area contributed by atoms with E-state index in [1.54, 1.807) is 0 Å². The molecule has 9 heteroatoms. The Labute approximate surface area is 137 Å². The van der Waals surface area contributed by atoms with Crippen molar-refractivity contribution in [3.8, 4) is 0 Å². The quantitative estimate of drug-likeness (QED) is 0.426. The minimum Gasteiger partial charge on any atom is -0.453 e. The van der Waals surface area contributed by atoms with Crippen LogP contribution < -0.4 is 5.32 Å². The molecule has 24 heavy (non-hydrogen) atoms. The molecule has 0 radical (unpaired) electrons. The van der Waals surface area contributed by atoms with Gasteiger partial charge in [0.05, 0.1) is 18.9 Å². The van der Waals surface area contributed by atoms with Crippen LogP contribution in [-0.2, 0) is 28.7 Å². The zero-order valence-corrected chi connectivity index (χ0v) is 13.3. The lowest BCUT2D eigenvalue weighted by Gasteiger charge is -2.16. The molecule has 1 aliphatic carbocycles. The molecule has 0 aromatic carbocycles. The first-order valence-electron chi connectivity index (χ1n) is 7.43. The summed E-state index contributed by atoms with van der Waals surface area (Å²) in [5, 5.41) is 1.85. The van der Waals surface area contributed by atoms with E-state index in [2.05, 4.69) is 4.74 Å². The van der Waals surface area contributed by atoms with Crippen molar-refractivity contribution in [2.24, 2.45) is 11.8 Å². The van der Waals surface area contributed by atoms with Gasteiger partial charge in [0.1, 0.15) is 6.54 Å². The lowest BCUT2D eigenvalue weighted by atomic mass is 9.85. The van der Waals surface area contributed by atoms with Crippen LogP contribution in [0.5, 0.6) is 0 Å². The van der Waals surface area contributed by atoms with Gasteiger partial charge in [-0.05, 0) is 19.8 Å². The Hall–Kier alpha value is -2.71. The second kappa shape index (κ2) is 7.24. The number of nitrogens with zero attached hydrogens (tertiary/aromatic N) is 1. The molecule has 9 nitrogen and oxygen atoms in total. The van der Waals surface area contributed by atoms with Gasteiger partial charge in [0.2, 0.25) is 11.8 Å². The highest BCUT2D eigenvalue weighted by Gasteiger charge is 2.47. The van der Waals surface area contributed by atoms with Crippen molar-refractivity contribution < 1.29 is 33.4 Å². The Kier molecular flexibility index (Phi) is 5.32. The van der Waals surface area contributed by atoms with E-state index in [9.17, 15) is 24.0 Å². The molecule has 1 N–H and O–H groups in total. The van der Waals surface area contributed by atoms with Gasteiger partial charge >= 0.3 is 12.1 Å². The molecule has 1 heterocycles. The first-order valence-corrected chi connectivity index (χ1v) is 7.43. The number of ether oxygens (including phenoxy) is 2. The molecule has 1 aliphatic heterocycles. The molecule has 0 aromatic heterocycles. The SMILES string of the molecule is COC(=O)NC(=O)[C@H](C)OC(=O)CN1C(=O)[C@H]2CC=CC[C@H]2C1=O. The summed E-state index contributed by atoms with van der Waals surface area (Å²) in [6, 6.07) is 0. The normalized spacial score (nSPS) is 23.5. The standard InChI is InChI=1S/C15H18N2O7/c1-8(12(19)16-15(22)23-2)24-11(18)7-17-13(20)9-5-3-4-6-10(9)14(17)21/h3-4,8-10H,5-7H2,1-2H3,(H,16,19,22)/t8-,9-,10+/m0/s1. The van der Waals surface area contributed by atoms with Crippen molar-refractivity contribution in [3.05, 3.63) is 12.2 Å². The molecular weight excluding hydrogens is 320 g/mol. The number of likely N-dealkylation sites (tertiary alicyclic amines) is 1. The monoisotopic (exact) mass is 338 g/mol. The van der Waals surface area contributed by atoms with Gasteiger partial charge in [-0.25, -0.2) is 4.79 Å². The molecule has 4 amide bonds. The van der Waals surface area contributed by atoms with Crippen LogP contribution in [0, 0.1) is 11.8 Å². The summed E-state index contributed by atoms with van der Waals surface area (Å²) in [6.07, 6.45) is 2.37. The zero-order valence-electron chi connectivity index (χ0n) is 13.3. The van der Waals surface area contributed by atoms with Crippen LogP contribution >= 0.6 is 0 Å². The summed E-state index contributed by atoms with van der Waals surface area (Å²) in [6.45, 7) is 0.702. The first kappa shape index (κ1) is 17.6. The van der Waals surface area contributed by atoms with E-state index in [4.69, 9.17) is 4.74 Å². The highest BCUT2D eigenvalue weighted by atomic mass is 16.6. The number of hydrogen-bond acceptors (Lipinski definition) is 7. The number of nitrogens with one attached hydrogen (secondary N) is 1. The maximum atomic E-state index is 12.2. The van der Waals surface area contributed by atoms with Crippen molar-refractivity contribution in [1.29, 1.82) is 0 Å². The van der Waals surface area contributed by atoms with E-state index >= 15 is 0 Å². The van der Waals surface area contributed by atoms with E-state index in [1.807, 2.05) is 17.5 Å². The second-order valence-corrected chi connectivity index (χ2v) is 5.53. The summed E-state index contributed by atoms with van der Waals surface area (Å²) in [5.74, 6) is -3.45. The number of esters is 1. The largest absolute Gasteiger partial charge is 0.453 e. The molecule has 0 unspecified atom stereocenters. The second-order valence-electron chi connectivity index (χ2n) is 5.53. The van der Waals surface area contributed by atoms with Crippen molar-refractivity contribution in [2.45, 2.75) is 25.9 Å². The van der Waals surface area contributed by atoms with Crippen LogP contribution in [-0.4, -0.2) is 54.4 Å². The topological polar surface area (TPSA) is 119 Å². The number of hydrogen-bond donors (Lipinski definition) is 1. The fraction of sp³-hybridized carbons (Fsp3) is 0.533. The fourth-order valence-electron chi connectivity index (χ4n) is 2.70. The third kappa shape index (κ3) is 3.61. The molecule has 0 saturated carbocycles. The van der Waals surface area contributed by atoms with Crippen molar-refractivity contribution in [1.82, 2.24) is 10.2 Å². The maximum absolute atomic E-state index is 12.2. The van der Waals surface area contributed by atoms with Crippen LogP contribution in [0.25, 0.3) is 0 Å². The minimum atomic E-state index is -1.27. The zero-order chi connectivity index (χ0) is 17.9. The Bertz CT molecular complexity index is 587. The van der Waals surface area contributed by atoms with Crippen molar-refractivity contribution in [3.63, 3.8) is 0 Å². The van der Waals surface area contributed by atoms with E-state index in [0.717, 1.165) is 12.0 Å². The number of fused-ring (bicyclic) bond motifs is 1. The molecule has 1 saturated heterocycles. The number of alkyl carbamates (subject to hydrolysis) is 1. The number of allylic oxidation sites excluding steroid dienone is 2. The van der Waals surface area contributed by atoms with Crippen molar-refractivity contribution >= 4 is 29.8 Å². The number of methoxy groups -OCH3 is 1. The summed E-state index contributed by atoms with van der Waals surface area (Å²) >= 11 is 0. The van der Waals surface area contributed by atoms with Crippen molar-refractivity contribution in [2.75, 3.05) is 13.7 Å². The Morgan fingerprint density at radius 1 is 1.21 bits per heavy atom. The molecule has 0 spiro atoms. The maximum Gasteiger partial charge on any atom is 0.413 e. The van der Waals surface area contributed by atoms with Crippen LogP contribution in [0.4, 0.5) is 4.79 Å². The molecule has 130 valence electrons. The van der Waals surface area contributed by atoms with Gasteiger partial charge in [-0.2, -0.15) is 0 Å². The van der Waals surface area contributed by atoms with Gasteiger partial charge in [-0.3, -0.25) is 29.4 Å². The number of imide groups is 2. The predicted molar refractivity (Wildman–Crippen MR) is 78.2 cm³/mol. The van der Waals surface area contributed by atoms with E-state index in [1.165, 1.54) is 6.92 Å². The molecule has 2 rings (SSSR count). The lowest BCUT2D eigenvalue weighted by Crippen LogP contribution is -2.42. The van der Waals surface area contributed by atoms with Crippen LogP contribution in [0.2, 0.25) is 0 Å². The third-order valence-corrected chi connectivity index (χ3v) is 3.97. The lowest BCUT2D eigenvalue weighted by molar-refractivity contribution is -0.159. The molecule has 0 bridgehead atoms. The average molecular weight is 338 g/mol. The van der Waals surface area contributed by atoms with Gasteiger partial charge in [0, 0.05) is 0 Å². The molecule has 3 atom stereocenters. The van der Waals surface area contributed by atoms with E-state index in [-0.39, 0.29) is 0 Å². The summed E-state index contributed by atoms with van der Waals surface area (Å²) in [5.41, 5.74) is 0. The van der Waals surface area contributed by atoms with Gasteiger partial charge in [0.15, 0.2) is 6.10 Å². The average Bonchev–Trinajstić information content (AvgIpc) is 2.80. The van der Waals surface area contributed by atoms with Gasteiger partial charge in [-0.1, -0.05) is 12.2 Å². The minimum absolute atomic E-state index is 0.405. The Morgan fingerprint density at radius 3 is 2.25 bits per heavy atom. The fourth-order valence-corrected chi connectivity index (χ4v) is 2.70. The number of rotatable bonds is 4. The van der Waals surface area contributed by atoms with E-state index < -0.39 is 54.3 Å². The van der Waals surface area contributed by atoms with E-state index in [0.29, 0.717) is 12.8 Å². The highest BCUT2D eigenvalue weighted by molar-refractivity contribution is 6.07. The molecule has 1 fully saturated rings. The number of amides is 4. The van der Waals surface area contributed by atoms with Gasteiger partial charge in [-0.15, -0.1) is 0 Å².